The van der Waals surface area contributed by atoms with Gasteiger partial charge < -0.3 is 10.6 Å². The number of hydrogen-bond donors (Lipinski definition) is 2. The van der Waals surface area contributed by atoms with Gasteiger partial charge in [-0.2, -0.15) is 0 Å². The number of guanidine groups is 1. The molecule has 104 valence electrons. The molecule has 1 aliphatic carbocycles. The molecule has 4 heteroatoms. The van der Waals surface area contributed by atoms with Crippen LogP contribution in [0.3, 0.4) is 0 Å². The van der Waals surface area contributed by atoms with Gasteiger partial charge >= 0.3 is 0 Å². The predicted octanol–water partition coefficient (Wildman–Crippen LogP) is 2.43. The van der Waals surface area contributed by atoms with Gasteiger partial charge in [0.15, 0.2) is 5.96 Å². The molecule has 0 atom stereocenters. The van der Waals surface area contributed by atoms with E-state index in [2.05, 4.69) is 15.6 Å². The van der Waals surface area contributed by atoms with Crippen LogP contribution in [0, 0.1) is 5.82 Å². The number of halogens is 1. The Morgan fingerprint density at radius 1 is 1.21 bits per heavy atom. The van der Waals surface area contributed by atoms with Crippen molar-refractivity contribution in [2.24, 2.45) is 4.99 Å². The zero-order valence-electron chi connectivity index (χ0n) is 11.7. The maximum absolute atomic E-state index is 13.9. The molecule has 2 N–H and O–H groups in total. The molecular formula is C15H22FN3. The highest BCUT2D eigenvalue weighted by atomic mass is 19.1. The highest BCUT2D eigenvalue weighted by Gasteiger charge is 2.45. The minimum atomic E-state index is -0.108. The van der Waals surface area contributed by atoms with Crippen molar-refractivity contribution in [1.82, 2.24) is 10.6 Å². The van der Waals surface area contributed by atoms with Crippen LogP contribution < -0.4 is 10.6 Å². The summed E-state index contributed by atoms with van der Waals surface area (Å²) < 4.78 is 13.9. The van der Waals surface area contributed by atoms with Gasteiger partial charge in [-0.3, -0.25) is 4.99 Å². The molecule has 0 aliphatic heterocycles. The van der Waals surface area contributed by atoms with Crippen LogP contribution in [0.4, 0.5) is 4.39 Å². The van der Waals surface area contributed by atoms with Crippen molar-refractivity contribution < 1.29 is 4.39 Å². The van der Waals surface area contributed by atoms with Gasteiger partial charge in [0, 0.05) is 18.5 Å². The van der Waals surface area contributed by atoms with Crippen LogP contribution in [0.25, 0.3) is 0 Å². The normalized spacial score (nSPS) is 15.7. The van der Waals surface area contributed by atoms with E-state index in [1.807, 2.05) is 26.0 Å². The van der Waals surface area contributed by atoms with E-state index in [1.54, 1.807) is 6.07 Å². The van der Waals surface area contributed by atoms with Gasteiger partial charge in [-0.05, 0) is 38.3 Å². The molecule has 0 unspecified atom stereocenters. The molecule has 1 fully saturated rings. The first-order chi connectivity index (χ1) is 9.22. The lowest BCUT2D eigenvalue weighted by Crippen LogP contribution is -2.37. The molecule has 0 spiro atoms. The molecule has 1 saturated carbocycles. The van der Waals surface area contributed by atoms with Crippen LogP contribution in [0.2, 0.25) is 0 Å². The molecule has 0 heterocycles. The van der Waals surface area contributed by atoms with Gasteiger partial charge in [0.25, 0.3) is 0 Å². The van der Waals surface area contributed by atoms with E-state index in [9.17, 15) is 4.39 Å². The number of nitrogens with zero attached hydrogens (tertiary/aromatic N) is 1. The summed E-state index contributed by atoms with van der Waals surface area (Å²) in [6.07, 6.45) is 2.03. The number of hydrogen-bond acceptors (Lipinski definition) is 1. The molecule has 0 aromatic heterocycles. The second kappa shape index (κ2) is 6.04. The lowest BCUT2D eigenvalue weighted by molar-refractivity contribution is 0.572. The summed E-state index contributed by atoms with van der Waals surface area (Å²) in [5.41, 5.74) is 0.729. The smallest absolute Gasteiger partial charge is 0.191 e. The molecule has 3 nitrogen and oxygen atoms in total. The summed E-state index contributed by atoms with van der Waals surface area (Å²) in [5.74, 6) is 0.705. The van der Waals surface area contributed by atoms with Gasteiger partial charge in [-0.1, -0.05) is 18.2 Å². The van der Waals surface area contributed by atoms with Crippen LogP contribution in [0.1, 0.15) is 32.3 Å². The topological polar surface area (TPSA) is 36.4 Å². The SMILES string of the molecule is CCNC(=NCC1(c2ccccc2F)CC1)NCC. The minimum absolute atomic E-state index is 0.0819. The molecule has 0 amide bonds. The van der Waals surface area contributed by atoms with Crippen molar-refractivity contribution in [3.8, 4) is 0 Å². The molecule has 2 rings (SSSR count). The zero-order chi connectivity index (χ0) is 13.7. The number of rotatable bonds is 5. The van der Waals surface area contributed by atoms with Crippen molar-refractivity contribution in [2.75, 3.05) is 19.6 Å². The number of benzene rings is 1. The van der Waals surface area contributed by atoms with E-state index >= 15 is 0 Å². The molecule has 1 aromatic rings. The highest BCUT2D eigenvalue weighted by molar-refractivity contribution is 5.79. The summed E-state index contributed by atoms with van der Waals surface area (Å²) in [7, 11) is 0. The lowest BCUT2D eigenvalue weighted by atomic mass is 9.95. The zero-order valence-corrected chi connectivity index (χ0v) is 11.7. The summed E-state index contributed by atoms with van der Waals surface area (Å²) in [4.78, 5) is 4.58. The fourth-order valence-corrected chi connectivity index (χ4v) is 2.29. The number of aliphatic imine (C=N–C) groups is 1. The third-order valence-electron chi connectivity index (χ3n) is 3.53. The Labute approximate surface area is 114 Å². The third-order valence-corrected chi connectivity index (χ3v) is 3.53. The lowest BCUT2D eigenvalue weighted by Gasteiger charge is -2.16. The third kappa shape index (κ3) is 3.25. The van der Waals surface area contributed by atoms with E-state index in [4.69, 9.17) is 0 Å². The van der Waals surface area contributed by atoms with E-state index < -0.39 is 0 Å². The fraction of sp³-hybridized carbons (Fsp3) is 0.533. The molecule has 0 saturated heterocycles. The van der Waals surface area contributed by atoms with Gasteiger partial charge in [0.1, 0.15) is 5.82 Å². The van der Waals surface area contributed by atoms with Crippen molar-refractivity contribution in [1.29, 1.82) is 0 Å². The molecule has 1 aliphatic rings. The summed E-state index contributed by atoms with van der Waals surface area (Å²) in [5, 5.41) is 6.39. The monoisotopic (exact) mass is 263 g/mol. The maximum atomic E-state index is 13.9. The summed E-state index contributed by atoms with van der Waals surface area (Å²) in [6, 6.07) is 7.06. The Morgan fingerprint density at radius 3 is 2.37 bits per heavy atom. The maximum Gasteiger partial charge on any atom is 0.191 e. The predicted molar refractivity (Wildman–Crippen MR) is 77.0 cm³/mol. The van der Waals surface area contributed by atoms with E-state index in [0.29, 0.717) is 6.54 Å². The average Bonchev–Trinajstić information content (AvgIpc) is 3.18. The number of nitrogens with one attached hydrogen (secondary N) is 2. The van der Waals surface area contributed by atoms with E-state index in [1.165, 1.54) is 6.07 Å². The Morgan fingerprint density at radius 2 is 1.84 bits per heavy atom. The largest absolute Gasteiger partial charge is 0.357 e. The summed E-state index contributed by atoms with van der Waals surface area (Å²) >= 11 is 0. The van der Waals surface area contributed by atoms with Crippen LogP contribution >= 0.6 is 0 Å². The fourth-order valence-electron chi connectivity index (χ4n) is 2.29. The Bertz CT molecular complexity index is 444. The van der Waals surface area contributed by atoms with E-state index in [-0.39, 0.29) is 11.2 Å². The van der Waals surface area contributed by atoms with Gasteiger partial charge in [0.05, 0.1) is 6.54 Å². The first kappa shape index (κ1) is 13.8. The average molecular weight is 263 g/mol. The van der Waals surface area contributed by atoms with Crippen molar-refractivity contribution in [2.45, 2.75) is 32.1 Å². The molecule has 0 bridgehead atoms. The van der Waals surface area contributed by atoms with Crippen molar-refractivity contribution >= 4 is 5.96 Å². The quantitative estimate of drug-likeness (QED) is 0.632. The summed E-state index contributed by atoms with van der Waals surface area (Å²) in [6.45, 7) is 6.38. The second-order valence-corrected chi connectivity index (χ2v) is 4.99. The second-order valence-electron chi connectivity index (χ2n) is 4.99. The Balaban J connectivity index is 2.09. The van der Waals surface area contributed by atoms with Crippen LogP contribution in [0.15, 0.2) is 29.3 Å². The Kier molecular flexibility index (Phi) is 4.40. The standard InChI is InChI=1S/C15H22FN3/c1-3-17-14(18-4-2)19-11-15(9-10-15)12-7-5-6-8-13(12)16/h5-8H,3-4,9-11H2,1-2H3,(H2,17,18,19). The first-order valence-corrected chi connectivity index (χ1v) is 6.99. The minimum Gasteiger partial charge on any atom is -0.357 e. The molecular weight excluding hydrogens is 241 g/mol. The molecule has 19 heavy (non-hydrogen) atoms. The van der Waals surface area contributed by atoms with Gasteiger partial charge in [-0.25, -0.2) is 4.39 Å². The van der Waals surface area contributed by atoms with E-state index in [0.717, 1.165) is 37.5 Å². The molecule has 1 aromatic carbocycles. The van der Waals surface area contributed by atoms with Gasteiger partial charge in [-0.15, -0.1) is 0 Å². The first-order valence-electron chi connectivity index (χ1n) is 6.99. The molecule has 0 radical (unpaired) electrons. The van der Waals surface area contributed by atoms with Crippen LogP contribution in [0.5, 0.6) is 0 Å². The van der Waals surface area contributed by atoms with Crippen LogP contribution in [-0.2, 0) is 5.41 Å². The van der Waals surface area contributed by atoms with Crippen molar-refractivity contribution in [3.05, 3.63) is 35.6 Å². The van der Waals surface area contributed by atoms with Crippen molar-refractivity contribution in [3.63, 3.8) is 0 Å². The van der Waals surface area contributed by atoms with Crippen LogP contribution in [-0.4, -0.2) is 25.6 Å². The Hall–Kier alpha value is -1.58. The highest BCUT2D eigenvalue weighted by Crippen LogP contribution is 2.49. The van der Waals surface area contributed by atoms with Gasteiger partial charge in [0.2, 0.25) is 0 Å².